The summed E-state index contributed by atoms with van der Waals surface area (Å²) in [6.07, 6.45) is 0. The summed E-state index contributed by atoms with van der Waals surface area (Å²) in [5.41, 5.74) is 8.02. The first-order chi connectivity index (χ1) is 9.97. The molecule has 2 aromatic rings. The molecule has 0 saturated carbocycles. The number of anilines is 1. The van der Waals surface area contributed by atoms with E-state index in [1.165, 1.54) is 23.3 Å². The number of hydrogen-bond acceptors (Lipinski definition) is 4. The Balaban J connectivity index is 2.14. The fourth-order valence-electron chi connectivity index (χ4n) is 2.09. The molecule has 5 heteroatoms. The smallest absolute Gasteiger partial charge is 0.269 e. The Hall–Kier alpha value is -2.69. The van der Waals surface area contributed by atoms with E-state index in [9.17, 15) is 10.1 Å². The van der Waals surface area contributed by atoms with Gasteiger partial charge in [-0.05, 0) is 38.5 Å². The zero-order valence-electron chi connectivity index (χ0n) is 12.3. The Kier molecular flexibility index (Phi) is 4.33. The van der Waals surface area contributed by atoms with Crippen molar-refractivity contribution in [3.05, 3.63) is 69.3 Å². The van der Waals surface area contributed by atoms with Crippen molar-refractivity contribution < 1.29 is 4.92 Å². The van der Waals surface area contributed by atoms with Gasteiger partial charge < -0.3 is 0 Å². The fourth-order valence-corrected chi connectivity index (χ4v) is 2.09. The van der Waals surface area contributed by atoms with Crippen LogP contribution in [0.2, 0.25) is 0 Å². The zero-order valence-corrected chi connectivity index (χ0v) is 12.3. The molecule has 0 saturated heterocycles. The molecule has 5 nitrogen and oxygen atoms in total. The van der Waals surface area contributed by atoms with E-state index in [4.69, 9.17) is 0 Å². The molecule has 0 spiro atoms. The molecule has 1 N–H and O–H groups in total. The molecule has 0 amide bonds. The van der Waals surface area contributed by atoms with E-state index in [2.05, 4.69) is 23.5 Å². The summed E-state index contributed by atoms with van der Waals surface area (Å²) in [4.78, 5) is 10.2. The number of non-ortho nitro benzene ring substituents is 1. The zero-order chi connectivity index (χ0) is 15.4. The van der Waals surface area contributed by atoms with Gasteiger partial charge in [0, 0.05) is 17.7 Å². The lowest BCUT2D eigenvalue weighted by Crippen LogP contribution is -2.02. The van der Waals surface area contributed by atoms with Gasteiger partial charge in [0.2, 0.25) is 0 Å². The van der Waals surface area contributed by atoms with Crippen LogP contribution >= 0.6 is 0 Å². The van der Waals surface area contributed by atoms with Gasteiger partial charge in [0.25, 0.3) is 5.69 Å². The van der Waals surface area contributed by atoms with E-state index in [1.807, 2.05) is 26.0 Å². The number of hydrazone groups is 1. The second-order valence-electron chi connectivity index (χ2n) is 4.93. The number of nitrogens with one attached hydrogen (secondary N) is 1. The summed E-state index contributed by atoms with van der Waals surface area (Å²) < 4.78 is 0. The molecule has 108 valence electrons. The highest BCUT2D eigenvalue weighted by Gasteiger charge is 2.04. The molecule has 0 unspecified atom stereocenters. The standard InChI is InChI=1S/C16H17N3O2/c1-11-4-9-16(12(2)10-11)13(3)17-18-14-5-7-15(8-6-14)19(20)21/h4-10,18H,1-3H3/b17-13+. The number of nitro benzene ring substituents is 1. The van der Waals surface area contributed by atoms with Gasteiger partial charge in [0.1, 0.15) is 0 Å². The van der Waals surface area contributed by atoms with E-state index in [1.54, 1.807) is 12.1 Å². The Bertz CT molecular complexity index is 691. The van der Waals surface area contributed by atoms with Crippen molar-refractivity contribution in [1.29, 1.82) is 0 Å². The van der Waals surface area contributed by atoms with Crippen LogP contribution in [0, 0.1) is 24.0 Å². The van der Waals surface area contributed by atoms with Crippen LogP contribution in [0.3, 0.4) is 0 Å². The molecule has 0 fully saturated rings. The number of nitrogens with zero attached hydrogens (tertiary/aromatic N) is 2. The van der Waals surface area contributed by atoms with Gasteiger partial charge >= 0.3 is 0 Å². The third kappa shape index (κ3) is 3.66. The Morgan fingerprint density at radius 2 is 1.81 bits per heavy atom. The van der Waals surface area contributed by atoms with Crippen molar-refractivity contribution in [2.75, 3.05) is 5.43 Å². The molecule has 0 aliphatic carbocycles. The molecule has 2 aromatic carbocycles. The second kappa shape index (κ2) is 6.17. The molecule has 2 rings (SSSR count). The largest absolute Gasteiger partial charge is 0.278 e. The first-order valence-electron chi connectivity index (χ1n) is 6.60. The summed E-state index contributed by atoms with van der Waals surface area (Å²) in [6.45, 7) is 6.03. The van der Waals surface area contributed by atoms with Crippen LogP contribution in [0.15, 0.2) is 47.6 Å². The molecule has 0 aliphatic heterocycles. The molecule has 0 radical (unpaired) electrons. The molecule has 0 bridgehead atoms. The lowest BCUT2D eigenvalue weighted by Gasteiger charge is -2.07. The average Bonchev–Trinajstić information content (AvgIpc) is 2.45. The van der Waals surface area contributed by atoms with Crippen LogP contribution in [0.5, 0.6) is 0 Å². The van der Waals surface area contributed by atoms with Crippen LogP contribution in [-0.4, -0.2) is 10.6 Å². The number of aryl methyl sites for hydroxylation is 2. The lowest BCUT2D eigenvalue weighted by molar-refractivity contribution is -0.384. The Labute approximate surface area is 123 Å². The highest BCUT2D eigenvalue weighted by molar-refractivity contribution is 6.00. The van der Waals surface area contributed by atoms with Gasteiger partial charge in [0.05, 0.1) is 16.3 Å². The predicted octanol–water partition coefficient (Wildman–Crippen LogP) is 4.05. The third-order valence-electron chi connectivity index (χ3n) is 3.20. The molecule has 0 heterocycles. The van der Waals surface area contributed by atoms with Gasteiger partial charge in [-0.2, -0.15) is 5.10 Å². The average molecular weight is 283 g/mol. The van der Waals surface area contributed by atoms with Crippen molar-refractivity contribution in [1.82, 2.24) is 0 Å². The molecular weight excluding hydrogens is 266 g/mol. The third-order valence-corrected chi connectivity index (χ3v) is 3.20. The van der Waals surface area contributed by atoms with Crippen molar-refractivity contribution in [3.63, 3.8) is 0 Å². The van der Waals surface area contributed by atoms with Crippen LogP contribution in [0.1, 0.15) is 23.6 Å². The normalized spacial score (nSPS) is 11.3. The van der Waals surface area contributed by atoms with Crippen LogP contribution < -0.4 is 5.43 Å². The summed E-state index contributed by atoms with van der Waals surface area (Å²) >= 11 is 0. The molecule has 21 heavy (non-hydrogen) atoms. The number of nitro groups is 1. The maximum Gasteiger partial charge on any atom is 0.269 e. The highest BCUT2D eigenvalue weighted by atomic mass is 16.6. The molecule has 0 aliphatic rings. The Morgan fingerprint density at radius 3 is 2.38 bits per heavy atom. The predicted molar refractivity (Wildman–Crippen MR) is 84.8 cm³/mol. The highest BCUT2D eigenvalue weighted by Crippen LogP contribution is 2.16. The quantitative estimate of drug-likeness (QED) is 0.523. The second-order valence-corrected chi connectivity index (χ2v) is 4.93. The van der Waals surface area contributed by atoms with E-state index in [0.717, 1.165) is 11.3 Å². The van der Waals surface area contributed by atoms with E-state index in [0.29, 0.717) is 5.69 Å². The fraction of sp³-hybridized carbons (Fsp3) is 0.188. The minimum atomic E-state index is -0.423. The lowest BCUT2D eigenvalue weighted by atomic mass is 10.0. The van der Waals surface area contributed by atoms with Crippen molar-refractivity contribution in [3.8, 4) is 0 Å². The summed E-state index contributed by atoms with van der Waals surface area (Å²) in [5, 5.41) is 14.9. The number of rotatable bonds is 4. The maximum atomic E-state index is 10.6. The van der Waals surface area contributed by atoms with Gasteiger partial charge in [-0.15, -0.1) is 0 Å². The van der Waals surface area contributed by atoms with E-state index in [-0.39, 0.29) is 5.69 Å². The maximum absolute atomic E-state index is 10.6. The van der Waals surface area contributed by atoms with Crippen LogP contribution in [-0.2, 0) is 0 Å². The van der Waals surface area contributed by atoms with E-state index < -0.39 is 4.92 Å². The topological polar surface area (TPSA) is 67.5 Å². The molecule has 0 aromatic heterocycles. The van der Waals surface area contributed by atoms with Gasteiger partial charge in [-0.25, -0.2) is 0 Å². The van der Waals surface area contributed by atoms with Crippen molar-refractivity contribution >= 4 is 17.1 Å². The van der Waals surface area contributed by atoms with Gasteiger partial charge in [0.15, 0.2) is 0 Å². The SMILES string of the molecule is C/C(=N\Nc1ccc([N+](=O)[O-])cc1)c1ccc(C)cc1C. The number of benzene rings is 2. The van der Waals surface area contributed by atoms with Crippen LogP contribution in [0.25, 0.3) is 0 Å². The van der Waals surface area contributed by atoms with Crippen molar-refractivity contribution in [2.45, 2.75) is 20.8 Å². The van der Waals surface area contributed by atoms with Crippen LogP contribution in [0.4, 0.5) is 11.4 Å². The first kappa shape index (κ1) is 14.7. The minimum Gasteiger partial charge on any atom is -0.278 e. The summed E-state index contributed by atoms with van der Waals surface area (Å²) in [5.74, 6) is 0. The molecular formula is C16H17N3O2. The first-order valence-corrected chi connectivity index (χ1v) is 6.60. The molecule has 0 atom stereocenters. The van der Waals surface area contributed by atoms with Gasteiger partial charge in [-0.1, -0.05) is 23.8 Å². The number of hydrogen-bond donors (Lipinski definition) is 1. The van der Waals surface area contributed by atoms with Gasteiger partial charge in [-0.3, -0.25) is 15.5 Å². The Morgan fingerprint density at radius 1 is 1.14 bits per heavy atom. The monoisotopic (exact) mass is 283 g/mol. The van der Waals surface area contributed by atoms with E-state index >= 15 is 0 Å². The summed E-state index contributed by atoms with van der Waals surface area (Å²) in [7, 11) is 0. The minimum absolute atomic E-state index is 0.0654. The van der Waals surface area contributed by atoms with Crippen molar-refractivity contribution in [2.24, 2.45) is 5.10 Å². The summed E-state index contributed by atoms with van der Waals surface area (Å²) in [6, 6.07) is 12.4.